The molecular formula is C16H25N3O. The van der Waals surface area contributed by atoms with Gasteiger partial charge in [0.15, 0.2) is 0 Å². The van der Waals surface area contributed by atoms with Crippen molar-refractivity contribution in [1.82, 2.24) is 15.5 Å². The van der Waals surface area contributed by atoms with Gasteiger partial charge < -0.3 is 15.5 Å². The van der Waals surface area contributed by atoms with Crippen molar-refractivity contribution in [3.8, 4) is 0 Å². The van der Waals surface area contributed by atoms with Gasteiger partial charge in [0.1, 0.15) is 0 Å². The highest BCUT2D eigenvalue weighted by atomic mass is 16.1. The first-order valence-corrected chi connectivity index (χ1v) is 7.33. The summed E-state index contributed by atoms with van der Waals surface area (Å²) in [4.78, 5) is 13.8. The Labute approximate surface area is 121 Å². The average Bonchev–Trinajstić information content (AvgIpc) is 3.20. The zero-order valence-corrected chi connectivity index (χ0v) is 12.5. The summed E-state index contributed by atoms with van der Waals surface area (Å²) in [7, 11) is 4.11. The first-order valence-electron chi connectivity index (χ1n) is 7.33. The van der Waals surface area contributed by atoms with Crippen LogP contribution in [0, 0.1) is 5.92 Å². The summed E-state index contributed by atoms with van der Waals surface area (Å²) < 4.78 is 0. The minimum absolute atomic E-state index is 0.0728. The lowest BCUT2D eigenvalue weighted by Gasteiger charge is -2.11. The van der Waals surface area contributed by atoms with Gasteiger partial charge in [0.2, 0.25) is 5.91 Å². The van der Waals surface area contributed by atoms with E-state index < -0.39 is 0 Å². The Hall–Kier alpha value is -1.39. The first kappa shape index (κ1) is 15.0. The number of carbonyl (C=O) groups excluding carboxylic acids is 1. The smallest absolute Gasteiger partial charge is 0.234 e. The molecule has 2 N–H and O–H groups in total. The molecule has 0 atom stereocenters. The van der Waals surface area contributed by atoms with Crippen LogP contribution >= 0.6 is 0 Å². The maximum Gasteiger partial charge on any atom is 0.234 e. The zero-order chi connectivity index (χ0) is 14.4. The molecule has 0 radical (unpaired) electrons. The van der Waals surface area contributed by atoms with E-state index in [1.165, 1.54) is 18.4 Å². The fourth-order valence-electron chi connectivity index (χ4n) is 2.18. The van der Waals surface area contributed by atoms with Gasteiger partial charge in [-0.3, -0.25) is 4.79 Å². The molecule has 1 amide bonds. The lowest BCUT2D eigenvalue weighted by molar-refractivity contribution is -0.120. The number of benzene rings is 1. The highest BCUT2D eigenvalue weighted by Gasteiger charge is 2.20. The van der Waals surface area contributed by atoms with Crippen molar-refractivity contribution in [2.45, 2.75) is 25.9 Å². The van der Waals surface area contributed by atoms with E-state index >= 15 is 0 Å². The molecule has 4 heteroatoms. The van der Waals surface area contributed by atoms with Crippen LogP contribution in [0.2, 0.25) is 0 Å². The second kappa shape index (κ2) is 7.41. The lowest BCUT2D eigenvalue weighted by atomic mass is 10.1. The minimum Gasteiger partial charge on any atom is -0.351 e. The van der Waals surface area contributed by atoms with Crippen LogP contribution < -0.4 is 10.6 Å². The number of hydrogen-bond acceptors (Lipinski definition) is 3. The van der Waals surface area contributed by atoms with Crippen molar-refractivity contribution >= 4 is 5.91 Å². The number of rotatable bonds is 8. The fourth-order valence-corrected chi connectivity index (χ4v) is 2.18. The van der Waals surface area contributed by atoms with Crippen LogP contribution in [-0.2, 0) is 17.9 Å². The number of hydrogen-bond donors (Lipinski definition) is 2. The van der Waals surface area contributed by atoms with E-state index in [0.29, 0.717) is 13.1 Å². The summed E-state index contributed by atoms with van der Waals surface area (Å²) in [5.74, 6) is 0.883. The van der Waals surface area contributed by atoms with Crippen LogP contribution in [0.15, 0.2) is 24.3 Å². The molecule has 0 spiro atoms. The molecule has 1 aromatic carbocycles. The number of nitrogens with zero attached hydrogens (tertiary/aromatic N) is 1. The van der Waals surface area contributed by atoms with E-state index in [9.17, 15) is 4.79 Å². The van der Waals surface area contributed by atoms with Crippen LogP contribution in [-0.4, -0.2) is 38.0 Å². The van der Waals surface area contributed by atoms with Gasteiger partial charge in [0.25, 0.3) is 0 Å². The lowest BCUT2D eigenvalue weighted by Crippen LogP contribution is -2.34. The molecule has 4 nitrogen and oxygen atoms in total. The molecule has 0 heterocycles. The van der Waals surface area contributed by atoms with E-state index in [2.05, 4.69) is 47.8 Å². The van der Waals surface area contributed by atoms with Crippen molar-refractivity contribution in [1.29, 1.82) is 0 Å². The van der Waals surface area contributed by atoms with Crippen molar-refractivity contribution < 1.29 is 4.79 Å². The van der Waals surface area contributed by atoms with Gasteiger partial charge >= 0.3 is 0 Å². The summed E-state index contributed by atoms with van der Waals surface area (Å²) in [5, 5.41) is 6.16. The molecular weight excluding hydrogens is 250 g/mol. The number of nitrogens with one attached hydrogen (secondary N) is 2. The van der Waals surface area contributed by atoms with Gasteiger partial charge in [-0.25, -0.2) is 0 Å². The molecule has 1 aromatic rings. The van der Waals surface area contributed by atoms with Gasteiger partial charge in [-0.1, -0.05) is 24.3 Å². The largest absolute Gasteiger partial charge is 0.351 e. The van der Waals surface area contributed by atoms with Crippen molar-refractivity contribution in [2.75, 3.05) is 27.2 Å². The zero-order valence-electron chi connectivity index (χ0n) is 12.5. The van der Waals surface area contributed by atoms with E-state index in [4.69, 9.17) is 0 Å². The Morgan fingerprint density at radius 1 is 1.30 bits per heavy atom. The standard InChI is InChI=1S/C16H25N3O/c1-19(2)12-15-5-3-4-14(8-15)10-18-16(20)11-17-9-13-6-7-13/h3-5,8,13,17H,6-7,9-12H2,1-2H3,(H,18,20). The Morgan fingerprint density at radius 2 is 2.05 bits per heavy atom. The van der Waals surface area contributed by atoms with Gasteiger partial charge in [-0.05, 0) is 50.5 Å². The molecule has 0 saturated heterocycles. The van der Waals surface area contributed by atoms with E-state index in [-0.39, 0.29) is 5.91 Å². The second-order valence-electron chi connectivity index (χ2n) is 5.91. The predicted molar refractivity (Wildman–Crippen MR) is 81.3 cm³/mol. The first-order chi connectivity index (χ1) is 9.63. The molecule has 1 fully saturated rings. The maximum atomic E-state index is 11.7. The molecule has 1 saturated carbocycles. The average molecular weight is 275 g/mol. The third-order valence-electron chi connectivity index (χ3n) is 3.40. The highest BCUT2D eigenvalue weighted by molar-refractivity contribution is 5.77. The predicted octanol–water partition coefficient (Wildman–Crippen LogP) is 1.36. The quantitative estimate of drug-likeness (QED) is 0.753. The third kappa shape index (κ3) is 5.72. The summed E-state index contributed by atoms with van der Waals surface area (Å²) >= 11 is 0. The summed E-state index contributed by atoms with van der Waals surface area (Å²) in [5.41, 5.74) is 2.42. The van der Waals surface area contributed by atoms with Gasteiger partial charge in [0, 0.05) is 13.1 Å². The van der Waals surface area contributed by atoms with Crippen molar-refractivity contribution in [3.63, 3.8) is 0 Å². The summed E-state index contributed by atoms with van der Waals surface area (Å²) in [6.45, 7) is 2.93. The Balaban J connectivity index is 1.70. The molecule has 110 valence electrons. The van der Waals surface area contributed by atoms with Gasteiger partial charge in [0.05, 0.1) is 6.54 Å². The topological polar surface area (TPSA) is 44.4 Å². The minimum atomic E-state index is 0.0728. The maximum absolute atomic E-state index is 11.7. The molecule has 2 rings (SSSR count). The highest BCUT2D eigenvalue weighted by Crippen LogP contribution is 2.27. The van der Waals surface area contributed by atoms with E-state index in [1.54, 1.807) is 0 Å². The number of amides is 1. The van der Waals surface area contributed by atoms with Crippen molar-refractivity contribution in [3.05, 3.63) is 35.4 Å². The third-order valence-corrected chi connectivity index (χ3v) is 3.40. The van der Waals surface area contributed by atoms with E-state index in [0.717, 1.165) is 24.6 Å². The van der Waals surface area contributed by atoms with Crippen LogP contribution in [0.4, 0.5) is 0 Å². The Bertz CT molecular complexity index is 441. The Morgan fingerprint density at radius 3 is 2.75 bits per heavy atom. The molecule has 20 heavy (non-hydrogen) atoms. The summed E-state index contributed by atoms with van der Waals surface area (Å²) in [6, 6.07) is 8.36. The van der Waals surface area contributed by atoms with Crippen LogP contribution in [0.25, 0.3) is 0 Å². The molecule has 0 bridgehead atoms. The van der Waals surface area contributed by atoms with Crippen molar-refractivity contribution in [2.24, 2.45) is 5.92 Å². The number of carbonyl (C=O) groups is 1. The van der Waals surface area contributed by atoms with Gasteiger partial charge in [-0.2, -0.15) is 0 Å². The van der Waals surface area contributed by atoms with Gasteiger partial charge in [-0.15, -0.1) is 0 Å². The second-order valence-corrected chi connectivity index (χ2v) is 5.91. The SMILES string of the molecule is CN(C)Cc1cccc(CNC(=O)CNCC2CC2)c1. The summed E-state index contributed by atoms with van der Waals surface area (Å²) in [6.07, 6.45) is 2.63. The van der Waals surface area contributed by atoms with Crippen LogP contribution in [0.5, 0.6) is 0 Å². The van der Waals surface area contributed by atoms with Crippen LogP contribution in [0.3, 0.4) is 0 Å². The molecule has 0 aromatic heterocycles. The molecule has 0 aliphatic heterocycles. The van der Waals surface area contributed by atoms with Crippen LogP contribution in [0.1, 0.15) is 24.0 Å². The molecule has 0 unspecified atom stereocenters. The van der Waals surface area contributed by atoms with E-state index in [1.807, 2.05) is 6.07 Å². The fraction of sp³-hybridized carbons (Fsp3) is 0.562. The Kier molecular flexibility index (Phi) is 5.56. The monoisotopic (exact) mass is 275 g/mol. The normalized spacial score (nSPS) is 14.6. The molecule has 1 aliphatic carbocycles. The molecule has 1 aliphatic rings.